The maximum Gasteiger partial charge on any atom is 0.328 e. The summed E-state index contributed by atoms with van der Waals surface area (Å²) in [6, 6.07) is 0.583. The van der Waals surface area contributed by atoms with Gasteiger partial charge in [0.25, 0.3) is 12.9 Å². The molecule has 1 heterocycles. The Bertz CT molecular complexity index is 452. The monoisotopic (exact) mass is 282 g/mol. The van der Waals surface area contributed by atoms with Crippen LogP contribution in [0.3, 0.4) is 0 Å². The molecule has 1 rings (SSSR count). The van der Waals surface area contributed by atoms with E-state index in [4.69, 9.17) is 4.74 Å². The van der Waals surface area contributed by atoms with Gasteiger partial charge in [0.15, 0.2) is 0 Å². The molecule has 0 aliphatic carbocycles. The lowest BCUT2D eigenvalue weighted by Gasteiger charge is -2.19. The van der Waals surface area contributed by atoms with E-state index in [0.717, 1.165) is 0 Å². The first-order valence-corrected chi connectivity index (χ1v) is 5.46. The number of esters is 1. The van der Waals surface area contributed by atoms with Gasteiger partial charge in [-0.25, -0.2) is 17.6 Å². The third kappa shape index (κ3) is 4.53. The van der Waals surface area contributed by atoms with Crippen LogP contribution in [0.4, 0.5) is 17.6 Å². The summed E-state index contributed by atoms with van der Waals surface area (Å²) in [6.07, 6.45) is -5.97. The Morgan fingerprint density at radius 2 is 1.89 bits per heavy atom. The molecule has 0 spiro atoms. The van der Waals surface area contributed by atoms with Crippen molar-refractivity contribution in [2.45, 2.75) is 45.8 Å². The predicted octanol–water partition coefficient (Wildman–Crippen LogP) is 3.10. The van der Waals surface area contributed by atoms with Gasteiger partial charge in [-0.2, -0.15) is 5.10 Å². The van der Waals surface area contributed by atoms with E-state index < -0.39 is 42.4 Å². The summed E-state index contributed by atoms with van der Waals surface area (Å²) >= 11 is 0. The van der Waals surface area contributed by atoms with Crippen LogP contribution in [-0.4, -0.2) is 21.4 Å². The third-order valence-electron chi connectivity index (χ3n) is 1.98. The van der Waals surface area contributed by atoms with Gasteiger partial charge in [-0.3, -0.25) is 9.48 Å². The molecule has 8 heteroatoms. The first kappa shape index (κ1) is 15.5. The molecule has 0 fully saturated rings. The fraction of sp³-hybridized carbons (Fsp3) is 0.636. The molecular formula is C11H14F4N2O2. The molecule has 0 aromatic carbocycles. The highest BCUT2D eigenvalue weighted by atomic mass is 19.3. The van der Waals surface area contributed by atoms with Crippen LogP contribution in [0.2, 0.25) is 0 Å². The molecular weight excluding hydrogens is 268 g/mol. The van der Waals surface area contributed by atoms with Crippen molar-refractivity contribution in [2.24, 2.45) is 0 Å². The van der Waals surface area contributed by atoms with E-state index in [-0.39, 0.29) is 0 Å². The van der Waals surface area contributed by atoms with E-state index in [1.54, 1.807) is 20.8 Å². The molecule has 0 saturated carbocycles. The van der Waals surface area contributed by atoms with Crippen molar-refractivity contribution in [3.8, 4) is 0 Å². The molecule has 0 aliphatic heterocycles. The van der Waals surface area contributed by atoms with E-state index in [9.17, 15) is 22.4 Å². The summed E-state index contributed by atoms with van der Waals surface area (Å²) in [5, 5.41) is 3.29. The molecule has 19 heavy (non-hydrogen) atoms. The van der Waals surface area contributed by atoms with Gasteiger partial charge in [0.05, 0.1) is 0 Å². The van der Waals surface area contributed by atoms with Gasteiger partial charge in [0.2, 0.25) is 0 Å². The van der Waals surface area contributed by atoms with Gasteiger partial charge in [-0.05, 0) is 26.8 Å². The second-order valence-electron chi connectivity index (χ2n) is 4.84. The Balaban J connectivity index is 2.90. The average molecular weight is 282 g/mol. The van der Waals surface area contributed by atoms with Crippen molar-refractivity contribution in [3.63, 3.8) is 0 Å². The lowest BCUT2D eigenvalue weighted by atomic mass is 10.2. The SMILES string of the molecule is CC(C)(C)OC(=O)Cn1nc(C(F)F)cc1C(F)F. The summed E-state index contributed by atoms with van der Waals surface area (Å²) in [6.45, 7) is 4.18. The Hall–Kier alpha value is -1.60. The molecule has 0 unspecified atom stereocenters. The zero-order valence-electron chi connectivity index (χ0n) is 10.7. The number of hydrogen-bond acceptors (Lipinski definition) is 3. The quantitative estimate of drug-likeness (QED) is 0.629. The number of nitrogens with zero attached hydrogens (tertiary/aromatic N) is 2. The zero-order valence-corrected chi connectivity index (χ0v) is 10.7. The highest BCUT2D eigenvalue weighted by Gasteiger charge is 2.24. The normalized spacial score (nSPS) is 12.3. The van der Waals surface area contributed by atoms with Crippen LogP contribution < -0.4 is 0 Å². The topological polar surface area (TPSA) is 44.1 Å². The van der Waals surface area contributed by atoms with E-state index in [1.165, 1.54) is 0 Å². The Morgan fingerprint density at radius 1 is 1.32 bits per heavy atom. The molecule has 0 saturated heterocycles. The summed E-state index contributed by atoms with van der Waals surface area (Å²) < 4.78 is 55.5. The van der Waals surface area contributed by atoms with Gasteiger partial charge < -0.3 is 4.74 Å². The van der Waals surface area contributed by atoms with E-state index >= 15 is 0 Å². The maximum absolute atomic E-state index is 12.6. The van der Waals surface area contributed by atoms with Gasteiger partial charge in [0, 0.05) is 0 Å². The first-order valence-electron chi connectivity index (χ1n) is 5.46. The number of carbonyl (C=O) groups excluding carboxylic acids is 1. The highest BCUT2D eigenvalue weighted by Crippen LogP contribution is 2.25. The van der Waals surface area contributed by atoms with Crippen molar-refractivity contribution in [1.82, 2.24) is 9.78 Å². The number of hydrogen-bond donors (Lipinski definition) is 0. The predicted molar refractivity (Wildman–Crippen MR) is 58.0 cm³/mol. The van der Waals surface area contributed by atoms with Crippen LogP contribution in [-0.2, 0) is 16.1 Å². The van der Waals surface area contributed by atoms with Crippen LogP contribution in [0.5, 0.6) is 0 Å². The standard InChI is InChI=1S/C11H14F4N2O2/c1-11(2,3)19-8(18)5-17-7(10(14)15)4-6(16-17)9(12)13/h4,9-10H,5H2,1-3H3. The van der Waals surface area contributed by atoms with Crippen LogP contribution in [0.15, 0.2) is 6.07 Å². The van der Waals surface area contributed by atoms with Crippen molar-refractivity contribution in [2.75, 3.05) is 0 Å². The van der Waals surface area contributed by atoms with Crippen molar-refractivity contribution < 1.29 is 27.1 Å². The molecule has 0 atom stereocenters. The number of halogens is 4. The minimum atomic E-state index is -3.00. The van der Waals surface area contributed by atoms with Crippen molar-refractivity contribution >= 4 is 5.97 Å². The smallest absolute Gasteiger partial charge is 0.328 e. The molecule has 0 bridgehead atoms. The molecule has 108 valence electrons. The zero-order chi connectivity index (χ0) is 14.8. The lowest BCUT2D eigenvalue weighted by molar-refractivity contribution is -0.155. The van der Waals surface area contributed by atoms with E-state index in [1.807, 2.05) is 0 Å². The van der Waals surface area contributed by atoms with Gasteiger partial charge in [0.1, 0.15) is 23.5 Å². The minimum absolute atomic E-state index is 0.542. The largest absolute Gasteiger partial charge is 0.459 e. The average Bonchev–Trinajstić information content (AvgIpc) is 2.58. The number of ether oxygens (including phenoxy) is 1. The number of aromatic nitrogens is 2. The number of rotatable bonds is 4. The van der Waals surface area contributed by atoms with Crippen LogP contribution in [0.1, 0.15) is 45.0 Å². The van der Waals surface area contributed by atoms with Crippen LogP contribution in [0, 0.1) is 0 Å². The molecule has 0 amide bonds. The van der Waals surface area contributed by atoms with E-state index in [2.05, 4.69) is 5.10 Å². The second-order valence-corrected chi connectivity index (χ2v) is 4.84. The molecule has 4 nitrogen and oxygen atoms in total. The molecule has 1 aromatic rings. The van der Waals surface area contributed by atoms with E-state index in [0.29, 0.717) is 10.7 Å². The summed E-state index contributed by atoms with van der Waals surface area (Å²) in [5.74, 6) is -0.821. The van der Waals surface area contributed by atoms with Crippen molar-refractivity contribution in [3.05, 3.63) is 17.5 Å². The molecule has 0 N–H and O–H groups in total. The van der Waals surface area contributed by atoms with Crippen molar-refractivity contribution in [1.29, 1.82) is 0 Å². The lowest BCUT2D eigenvalue weighted by Crippen LogP contribution is -2.27. The first-order chi connectivity index (χ1) is 8.60. The number of alkyl halides is 4. The molecule has 1 aromatic heterocycles. The Morgan fingerprint density at radius 3 is 2.32 bits per heavy atom. The third-order valence-corrected chi connectivity index (χ3v) is 1.98. The fourth-order valence-corrected chi connectivity index (χ4v) is 1.36. The van der Waals surface area contributed by atoms with Gasteiger partial charge >= 0.3 is 5.97 Å². The maximum atomic E-state index is 12.6. The molecule has 0 radical (unpaired) electrons. The molecule has 0 aliphatic rings. The van der Waals surface area contributed by atoms with Crippen LogP contribution >= 0.6 is 0 Å². The minimum Gasteiger partial charge on any atom is -0.459 e. The fourth-order valence-electron chi connectivity index (χ4n) is 1.36. The van der Waals surface area contributed by atoms with Gasteiger partial charge in [-0.1, -0.05) is 0 Å². The summed E-state index contributed by atoms with van der Waals surface area (Å²) in [7, 11) is 0. The van der Waals surface area contributed by atoms with Gasteiger partial charge in [-0.15, -0.1) is 0 Å². The second kappa shape index (κ2) is 5.58. The Kier molecular flexibility index (Phi) is 4.54. The summed E-state index contributed by atoms with van der Waals surface area (Å²) in [4.78, 5) is 11.5. The van der Waals surface area contributed by atoms with Crippen LogP contribution in [0.25, 0.3) is 0 Å². The summed E-state index contributed by atoms with van der Waals surface area (Å²) in [5.41, 5.74) is -2.32. The number of carbonyl (C=O) groups is 1. The highest BCUT2D eigenvalue weighted by molar-refractivity contribution is 5.69. The Labute approximate surface area is 107 Å².